The summed E-state index contributed by atoms with van der Waals surface area (Å²) in [5, 5.41) is 5.93. The average Bonchev–Trinajstić information content (AvgIpc) is 2.59. The zero-order chi connectivity index (χ0) is 18.1. The number of urea groups is 1. The highest BCUT2D eigenvalue weighted by Gasteiger charge is 2.21. The van der Waals surface area contributed by atoms with E-state index in [0.29, 0.717) is 31.3 Å². The van der Waals surface area contributed by atoms with Crippen molar-refractivity contribution in [3.05, 3.63) is 0 Å². The molecule has 0 spiro atoms. The van der Waals surface area contributed by atoms with Gasteiger partial charge < -0.3 is 15.5 Å². The van der Waals surface area contributed by atoms with Crippen LogP contribution in [0, 0.1) is 5.92 Å². The van der Waals surface area contributed by atoms with Gasteiger partial charge in [-0.25, -0.2) is 4.79 Å². The molecule has 6 nitrogen and oxygen atoms in total. The maximum absolute atomic E-state index is 12.3. The normalized spacial score (nSPS) is 19.9. The second-order valence-electron chi connectivity index (χ2n) is 7.91. The fourth-order valence-corrected chi connectivity index (χ4v) is 3.78. The zero-order valence-corrected chi connectivity index (χ0v) is 16.1. The number of nitrogens with one attached hydrogen (secondary N) is 2. The molecule has 0 radical (unpaired) electrons. The summed E-state index contributed by atoms with van der Waals surface area (Å²) in [6, 6.07) is 0.249. The molecule has 144 valence electrons. The lowest BCUT2D eigenvalue weighted by Gasteiger charge is -2.35. The third-order valence-electron chi connectivity index (χ3n) is 5.14. The Kier molecular flexibility index (Phi) is 8.52. The Labute approximate surface area is 152 Å². The van der Waals surface area contributed by atoms with Gasteiger partial charge in [-0.05, 0) is 25.2 Å². The zero-order valence-electron chi connectivity index (χ0n) is 16.1. The maximum Gasteiger partial charge on any atom is 0.315 e. The van der Waals surface area contributed by atoms with E-state index in [-0.39, 0.29) is 11.9 Å². The smallest absolute Gasteiger partial charge is 0.315 e. The van der Waals surface area contributed by atoms with Crippen LogP contribution in [0.25, 0.3) is 0 Å². The number of amides is 3. The Hall–Kier alpha value is -1.30. The molecule has 0 unspecified atom stereocenters. The van der Waals surface area contributed by atoms with E-state index in [2.05, 4.69) is 29.4 Å². The number of carbonyl (C=O) groups excluding carboxylic acids is 2. The first-order valence-corrected chi connectivity index (χ1v) is 10.1. The van der Waals surface area contributed by atoms with Gasteiger partial charge in [0, 0.05) is 51.7 Å². The van der Waals surface area contributed by atoms with Crippen molar-refractivity contribution < 1.29 is 9.59 Å². The van der Waals surface area contributed by atoms with Gasteiger partial charge in [0.1, 0.15) is 0 Å². The Morgan fingerprint density at radius 3 is 2.36 bits per heavy atom. The topological polar surface area (TPSA) is 64.7 Å². The molecule has 1 saturated heterocycles. The Morgan fingerprint density at radius 2 is 1.72 bits per heavy atom. The molecule has 6 heteroatoms. The minimum Gasteiger partial charge on any atom is -0.340 e. The van der Waals surface area contributed by atoms with Gasteiger partial charge in [-0.15, -0.1) is 0 Å². The molecule has 0 aromatic carbocycles. The van der Waals surface area contributed by atoms with E-state index in [1.807, 2.05) is 4.90 Å². The summed E-state index contributed by atoms with van der Waals surface area (Å²) >= 11 is 0. The molecule has 0 aromatic heterocycles. The SMILES string of the molecule is CC(C)CN1CCN(C(=O)CCCNC(=O)NC2CCCCC2)CC1. The first-order chi connectivity index (χ1) is 12.0. The van der Waals surface area contributed by atoms with Crippen LogP contribution in [0.15, 0.2) is 0 Å². The van der Waals surface area contributed by atoms with Crippen molar-refractivity contribution in [3.63, 3.8) is 0 Å². The molecule has 2 fully saturated rings. The van der Waals surface area contributed by atoms with Crippen molar-refractivity contribution in [1.82, 2.24) is 20.4 Å². The quantitative estimate of drug-likeness (QED) is 0.691. The van der Waals surface area contributed by atoms with E-state index in [0.717, 1.165) is 45.6 Å². The van der Waals surface area contributed by atoms with Crippen LogP contribution in [0.4, 0.5) is 4.79 Å². The summed E-state index contributed by atoms with van der Waals surface area (Å²) in [6.07, 6.45) is 7.13. The molecule has 2 aliphatic rings. The predicted molar refractivity (Wildman–Crippen MR) is 100 cm³/mol. The summed E-state index contributed by atoms with van der Waals surface area (Å²) in [4.78, 5) is 28.5. The summed E-state index contributed by atoms with van der Waals surface area (Å²) in [7, 11) is 0. The molecule has 3 amide bonds. The van der Waals surface area contributed by atoms with Gasteiger partial charge in [-0.1, -0.05) is 33.1 Å². The van der Waals surface area contributed by atoms with Gasteiger partial charge in [-0.3, -0.25) is 9.69 Å². The minimum absolute atomic E-state index is 0.0818. The number of piperazine rings is 1. The van der Waals surface area contributed by atoms with Crippen molar-refractivity contribution >= 4 is 11.9 Å². The maximum atomic E-state index is 12.3. The lowest BCUT2D eigenvalue weighted by atomic mass is 9.96. The average molecular weight is 353 g/mol. The number of hydrogen-bond donors (Lipinski definition) is 2. The third kappa shape index (κ3) is 7.63. The standard InChI is InChI=1S/C19H36N4O2/c1-16(2)15-22-11-13-23(14-12-22)18(24)9-6-10-20-19(25)21-17-7-4-3-5-8-17/h16-17H,3-15H2,1-2H3,(H2,20,21,25). The van der Waals surface area contributed by atoms with E-state index < -0.39 is 0 Å². The third-order valence-corrected chi connectivity index (χ3v) is 5.14. The number of carbonyl (C=O) groups is 2. The molecule has 1 heterocycles. The van der Waals surface area contributed by atoms with Crippen LogP contribution < -0.4 is 10.6 Å². The van der Waals surface area contributed by atoms with Crippen LogP contribution in [0.2, 0.25) is 0 Å². The Bertz CT molecular complexity index is 414. The van der Waals surface area contributed by atoms with Gasteiger partial charge in [0.2, 0.25) is 5.91 Å². The highest BCUT2D eigenvalue weighted by Crippen LogP contribution is 2.17. The van der Waals surface area contributed by atoms with Crippen LogP contribution in [-0.2, 0) is 4.79 Å². The minimum atomic E-state index is -0.0818. The van der Waals surface area contributed by atoms with Gasteiger partial charge in [-0.2, -0.15) is 0 Å². The molecule has 1 aliphatic heterocycles. The summed E-state index contributed by atoms with van der Waals surface area (Å²) in [6.45, 7) is 9.77. The molecule has 2 N–H and O–H groups in total. The number of nitrogens with zero attached hydrogens (tertiary/aromatic N) is 2. The summed E-state index contributed by atoms with van der Waals surface area (Å²) in [5.74, 6) is 0.895. The first kappa shape index (κ1) is 20.0. The molecule has 1 aliphatic carbocycles. The highest BCUT2D eigenvalue weighted by atomic mass is 16.2. The van der Waals surface area contributed by atoms with Gasteiger partial charge >= 0.3 is 6.03 Å². The molecule has 1 saturated carbocycles. The molecule has 0 bridgehead atoms. The highest BCUT2D eigenvalue weighted by molar-refractivity contribution is 5.76. The van der Waals surface area contributed by atoms with Gasteiger partial charge in [0.05, 0.1) is 0 Å². The predicted octanol–water partition coefficient (Wildman–Crippen LogP) is 2.20. The summed E-state index contributed by atoms with van der Waals surface area (Å²) in [5.41, 5.74) is 0. The second-order valence-corrected chi connectivity index (χ2v) is 7.91. The number of hydrogen-bond acceptors (Lipinski definition) is 3. The number of rotatable bonds is 7. The summed E-state index contributed by atoms with van der Waals surface area (Å²) < 4.78 is 0. The van der Waals surface area contributed by atoms with E-state index in [4.69, 9.17) is 0 Å². The van der Waals surface area contributed by atoms with Crippen molar-refractivity contribution in [2.24, 2.45) is 5.92 Å². The fraction of sp³-hybridized carbons (Fsp3) is 0.895. The van der Waals surface area contributed by atoms with Crippen LogP contribution in [-0.4, -0.2) is 67.0 Å². The van der Waals surface area contributed by atoms with Crippen LogP contribution in [0.5, 0.6) is 0 Å². The van der Waals surface area contributed by atoms with Crippen molar-refractivity contribution in [2.45, 2.75) is 64.8 Å². The van der Waals surface area contributed by atoms with Crippen molar-refractivity contribution in [3.8, 4) is 0 Å². The van der Waals surface area contributed by atoms with E-state index in [1.165, 1.54) is 19.3 Å². The van der Waals surface area contributed by atoms with Crippen LogP contribution in [0.3, 0.4) is 0 Å². The van der Waals surface area contributed by atoms with E-state index in [9.17, 15) is 9.59 Å². The molecule has 0 aromatic rings. The first-order valence-electron chi connectivity index (χ1n) is 10.1. The molecule has 0 atom stereocenters. The van der Waals surface area contributed by atoms with Gasteiger partial charge in [0.25, 0.3) is 0 Å². The molecule has 2 rings (SSSR count). The largest absolute Gasteiger partial charge is 0.340 e. The van der Waals surface area contributed by atoms with Gasteiger partial charge in [0.15, 0.2) is 0 Å². The molecule has 25 heavy (non-hydrogen) atoms. The fourth-order valence-electron chi connectivity index (χ4n) is 3.78. The lowest BCUT2D eigenvalue weighted by Crippen LogP contribution is -2.49. The molecular formula is C19H36N4O2. The second kappa shape index (κ2) is 10.6. The lowest BCUT2D eigenvalue weighted by molar-refractivity contribution is -0.133. The monoisotopic (exact) mass is 352 g/mol. The van der Waals surface area contributed by atoms with E-state index in [1.54, 1.807) is 0 Å². The Balaban J connectivity index is 1.52. The molecular weight excluding hydrogens is 316 g/mol. The van der Waals surface area contributed by atoms with Crippen LogP contribution in [0.1, 0.15) is 58.8 Å². The Morgan fingerprint density at radius 1 is 1.04 bits per heavy atom. The van der Waals surface area contributed by atoms with Crippen LogP contribution >= 0.6 is 0 Å². The van der Waals surface area contributed by atoms with Crippen molar-refractivity contribution in [1.29, 1.82) is 0 Å². The van der Waals surface area contributed by atoms with E-state index >= 15 is 0 Å². The van der Waals surface area contributed by atoms with Crippen molar-refractivity contribution in [2.75, 3.05) is 39.3 Å².